The minimum Gasteiger partial charge on any atom is -0.321 e. The normalized spacial score (nSPS) is 9.71. The quantitative estimate of drug-likeness (QED) is 0.639. The molecule has 0 amide bonds. The highest BCUT2D eigenvalue weighted by Gasteiger charge is 2.01. The molecule has 0 aliphatic carbocycles. The van der Waals surface area contributed by atoms with E-state index >= 15 is 0 Å². The average Bonchev–Trinajstić information content (AvgIpc) is 2.60. The first-order chi connectivity index (χ1) is 6.90. The standard InChI is InChI=1S/C9H6N2OS2/c12-6-5-10-14-9-11-7-3-1-2-4-8(7)13-9/h1-5,10H. The van der Waals surface area contributed by atoms with Crippen LogP contribution in [0.15, 0.2) is 34.8 Å². The number of aromatic nitrogens is 1. The molecule has 14 heavy (non-hydrogen) atoms. The van der Waals surface area contributed by atoms with Gasteiger partial charge in [-0.1, -0.05) is 12.1 Å². The second-order valence-electron chi connectivity index (χ2n) is 2.43. The lowest BCUT2D eigenvalue weighted by atomic mass is 10.3. The number of para-hydroxylation sites is 1. The summed E-state index contributed by atoms with van der Waals surface area (Å²) in [6.07, 6.45) is 1.22. The predicted molar refractivity (Wildman–Crippen MR) is 58.9 cm³/mol. The molecule has 0 saturated heterocycles. The Kier molecular flexibility index (Phi) is 2.84. The van der Waals surface area contributed by atoms with Gasteiger partial charge in [-0.15, -0.1) is 11.3 Å². The summed E-state index contributed by atoms with van der Waals surface area (Å²) in [6.45, 7) is 0. The Morgan fingerprint density at radius 2 is 2.36 bits per heavy atom. The Hall–Kier alpha value is -1.29. The average molecular weight is 222 g/mol. The van der Waals surface area contributed by atoms with Crippen molar-refractivity contribution in [1.82, 2.24) is 9.71 Å². The van der Waals surface area contributed by atoms with Gasteiger partial charge in [-0.25, -0.2) is 9.78 Å². The Morgan fingerprint density at radius 1 is 1.50 bits per heavy atom. The van der Waals surface area contributed by atoms with Crippen LogP contribution in [0.2, 0.25) is 0 Å². The van der Waals surface area contributed by atoms with Crippen LogP contribution in [0.25, 0.3) is 10.2 Å². The van der Waals surface area contributed by atoms with E-state index in [-0.39, 0.29) is 0 Å². The molecule has 70 valence electrons. The summed E-state index contributed by atoms with van der Waals surface area (Å²) in [6, 6.07) is 7.92. The van der Waals surface area contributed by atoms with Crippen molar-refractivity contribution in [2.45, 2.75) is 4.34 Å². The first-order valence-corrected chi connectivity index (χ1v) is 5.51. The minimum absolute atomic E-state index is 0.887. The van der Waals surface area contributed by atoms with Crippen molar-refractivity contribution < 1.29 is 4.79 Å². The zero-order chi connectivity index (χ0) is 9.80. The van der Waals surface area contributed by atoms with Gasteiger partial charge in [0.25, 0.3) is 0 Å². The molecule has 1 N–H and O–H groups in total. The Bertz CT molecular complexity index is 455. The van der Waals surface area contributed by atoms with E-state index in [1.54, 1.807) is 17.3 Å². The second-order valence-corrected chi connectivity index (χ2v) is 4.55. The first kappa shape index (κ1) is 9.27. The fourth-order valence-electron chi connectivity index (χ4n) is 0.999. The number of thiazole rings is 1. The number of hydrogen-bond acceptors (Lipinski definition) is 5. The van der Waals surface area contributed by atoms with E-state index in [0.29, 0.717) is 0 Å². The third-order valence-corrected chi connectivity index (χ3v) is 3.37. The first-order valence-electron chi connectivity index (χ1n) is 3.87. The van der Waals surface area contributed by atoms with Gasteiger partial charge in [-0.3, -0.25) is 0 Å². The maximum atomic E-state index is 9.89. The number of nitrogens with zero attached hydrogens (tertiary/aromatic N) is 1. The molecule has 0 atom stereocenters. The van der Waals surface area contributed by atoms with Gasteiger partial charge < -0.3 is 4.72 Å². The maximum absolute atomic E-state index is 9.89. The molecule has 0 unspecified atom stereocenters. The van der Waals surface area contributed by atoms with Crippen LogP contribution < -0.4 is 4.72 Å². The lowest BCUT2D eigenvalue weighted by molar-refractivity contribution is 0.568. The fourth-order valence-corrected chi connectivity index (χ4v) is 2.63. The smallest absolute Gasteiger partial charge is 0.171 e. The number of hydrogen-bond donors (Lipinski definition) is 1. The van der Waals surface area contributed by atoms with Crippen LogP contribution >= 0.6 is 23.3 Å². The highest BCUT2D eigenvalue weighted by molar-refractivity contribution is 7.99. The van der Waals surface area contributed by atoms with E-state index in [4.69, 9.17) is 0 Å². The number of rotatable bonds is 3. The number of benzene rings is 1. The van der Waals surface area contributed by atoms with Crippen LogP contribution in [0.5, 0.6) is 0 Å². The van der Waals surface area contributed by atoms with E-state index < -0.39 is 0 Å². The van der Waals surface area contributed by atoms with Gasteiger partial charge in [0.05, 0.1) is 16.4 Å². The van der Waals surface area contributed by atoms with Gasteiger partial charge in [0, 0.05) is 11.9 Å². The van der Waals surface area contributed by atoms with Gasteiger partial charge in [0.1, 0.15) is 5.94 Å². The summed E-state index contributed by atoms with van der Waals surface area (Å²) in [5.41, 5.74) is 0.983. The zero-order valence-corrected chi connectivity index (χ0v) is 8.69. The van der Waals surface area contributed by atoms with E-state index in [1.807, 2.05) is 24.3 Å². The zero-order valence-electron chi connectivity index (χ0n) is 7.06. The van der Waals surface area contributed by atoms with Crippen molar-refractivity contribution >= 4 is 39.4 Å². The largest absolute Gasteiger partial charge is 0.321 e. The summed E-state index contributed by atoms with van der Waals surface area (Å²) in [5.74, 6) is 1.64. The molecular weight excluding hydrogens is 216 g/mol. The van der Waals surface area contributed by atoms with E-state index in [2.05, 4.69) is 9.71 Å². The summed E-state index contributed by atoms with van der Waals surface area (Å²) in [5, 5.41) is 0. The molecule has 1 heterocycles. The molecule has 2 aromatic rings. The Balaban J connectivity index is 2.22. The Morgan fingerprint density at radius 3 is 3.14 bits per heavy atom. The highest BCUT2D eigenvalue weighted by atomic mass is 32.2. The molecule has 0 fully saturated rings. The van der Waals surface area contributed by atoms with Gasteiger partial charge in [0.2, 0.25) is 0 Å². The van der Waals surface area contributed by atoms with Crippen molar-refractivity contribution in [3.8, 4) is 0 Å². The van der Waals surface area contributed by atoms with E-state index in [0.717, 1.165) is 14.6 Å². The Labute approximate surface area is 89.0 Å². The second kappa shape index (κ2) is 4.28. The summed E-state index contributed by atoms with van der Waals surface area (Å²) < 4.78 is 4.76. The van der Waals surface area contributed by atoms with Crippen molar-refractivity contribution in [2.24, 2.45) is 0 Å². The number of carbonyl (C=O) groups excluding carboxylic acids is 1. The van der Waals surface area contributed by atoms with Gasteiger partial charge in [-0.05, 0) is 12.1 Å². The molecule has 0 spiro atoms. The lowest BCUT2D eigenvalue weighted by Gasteiger charge is -1.89. The van der Waals surface area contributed by atoms with E-state index in [1.165, 1.54) is 18.1 Å². The molecule has 3 nitrogen and oxygen atoms in total. The van der Waals surface area contributed by atoms with Crippen molar-refractivity contribution in [3.63, 3.8) is 0 Å². The van der Waals surface area contributed by atoms with Gasteiger partial charge in [-0.2, -0.15) is 0 Å². The molecule has 1 aromatic heterocycles. The topological polar surface area (TPSA) is 42.0 Å². The third kappa shape index (κ3) is 1.96. The molecular formula is C9H6N2OS2. The van der Waals surface area contributed by atoms with Gasteiger partial charge in [0.15, 0.2) is 4.34 Å². The molecule has 1 aromatic carbocycles. The van der Waals surface area contributed by atoms with Crippen molar-refractivity contribution in [3.05, 3.63) is 30.5 Å². The number of fused-ring (bicyclic) bond motifs is 1. The van der Waals surface area contributed by atoms with Crippen LogP contribution in [0.3, 0.4) is 0 Å². The highest BCUT2D eigenvalue weighted by Crippen LogP contribution is 2.27. The maximum Gasteiger partial charge on any atom is 0.171 e. The summed E-state index contributed by atoms with van der Waals surface area (Å²) in [7, 11) is 0. The summed E-state index contributed by atoms with van der Waals surface area (Å²) >= 11 is 2.90. The third-order valence-electron chi connectivity index (χ3n) is 1.54. The molecule has 0 radical (unpaired) electrons. The van der Waals surface area contributed by atoms with Crippen LogP contribution in [0.1, 0.15) is 0 Å². The fraction of sp³-hybridized carbons (Fsp3) is 0. The lowest BCUT2D eigenvalue weighted by Crippen LogP contribution is -1.89. The van der Waals surface area contributed by atoms with Crippen LogP contribution in [-0.2, 0) is 4.79 Å². The van der Waals surface area contributed by atoms with Crippen molar-refractivity contribution in [2.75, 3.05) is 0 Å². The molecule has 0 aliphatic heterocycles. The SMILES string of the molecule is O=C=CNSc1nc2ccccc2s1. The van der Waals surface area contributed by atoms with Crippen molar-refractivity contribution in [1.29, 1.82) is 0 Å². The van der Waals surface area contributed by atoms with Crippen LogP contribution in [0.4, 0.5) is 0 Å². The monoisotopic (exact) mass is 222 g/mol. The molecule has 0 aliphatic rings. The molecule has 0 saturated carbocycles. The molecule has 5 heteroatoms. The summed E-state index contributed by atoms with van der Waals surface area (Å²) in [4.78, 5) is 14.2. The van der Waals surface area contributed by atoms with Crippen LogP contribution in [-0.4, -0.2) is 10.9 Å². The van der Waals surface area contributed by atoms with Crippen LogP contribution in [0, 0.1) is 0 Å². The van der Waals surface area contributed by atoms with Gasteiger partial charge >= 0.3 is 0 Å². The minimum atomic E-state index is 0.887. The molecule has 0 bridgehead atoms. The molecule has 2 rings (SSSR count). The number of nitrogens with one attached hydrogen (secondary N) is 1. The predicted octanol–water partition coefficient (Wildman–Crippen LogP) is 2.24. The van der Waals surface area contributed by atoms with E-state index in [9.17, 15) is 4.79 Å².